The molecule has 6 nitrogen and oxygen atoms in total. The molecule has 1 unspecified atom stereocenters. The molecule has 1 amide bonds. The first-order valence-corrected chi connectivity index (χ1v) is 12.6. The van der Waals surface area contributed by atoms with Crippen molar-refractivity contribution < 1.29 is 20.1 Å². The van der Waals surface area contributed by atoms with E-state index in [4.69, 9.17) is 0 Å². The van der Waals surface area contributed by atoms with E-state index >= 15 is 0 Å². The Morgan fingerprint density at radius 1 is 1.06 bits per heavy atom. The van der Waals surface area contributed by atoms with Gasteiger partial charge < -0.3 is 26.0 Å². The van der Waals surface area contributed by atoms with Gasteiger partial charge in [-0.2, -0.15) is 0 Å². The molecule has 0 spiro atoms. The lowest BCUT2D eigenvalue weighted by Crippen LogP contribution is -2.39. The third-order valence-corrected chi connectivity index (χ3v) is 6.96. The number of hydrogen-bond donors (Lipinski definition) is 5. The number of hydrogen-bond acceptors (Lipinski definition) is 5. The van der Waals surface area contributed by atoms with Crippen LogP contribution in [-0.2, 0) is 24.2 Å². The maximum Gasteiger partial charge on any atom is 0.224 e. The Balaban J connectivity index is 1.47. The fraction of sp³-hybridized carbons (Fsp3) is 0.536. The Morgan fingerprint density at radius 3 is 2.53 bits per heavy atom. The SMILES string of the molecule is CC(Cc1cccc(CC(=O)N[C@@H](C)C2CCCCC2)c1)NC[C@H](O)c1ccc(O)c(CO)c1. The van der Waals surface area contributed by atoms with Crippen LogP contribution in [0, 0.1) is 5.92 Å². The van der Waals surface area contributed by atoms with Gasteiger partial charge in [-0.1, -0.05) is 49.6 Å². The summed E-state index contributed by atoms with van der Waals surface area (Å²) in [6.07, 6.45) is 6.71. The summed E-state index contributed by atoms with van der Waals surface area (Å²) in [5.41, 5.74) is 3.21. The second kappa shape index (κ2) is 12.9. The monoisotopic (exact) mass is 468 g/mol. The molecule has 186 valence electrons. The van der Waals surface area contributed by atoms with Gasteiger partial charge in [0.2, 0.25) is 5.91 Å². The van der Waals surface area contributed by atoms with Crippen molar-refractivity contribution in [2.75, 3.05) is 6.54 Å². The predicted molar refractivity (Wildman–Crippen MR) is 134 cm³/mol. The molecule has 6 heteroatoms. The van der Waals surface area contributed by atoms with Crippen LogP contribution < -0.4 is 10.6 Å². The average Bonchev–Trinajstić information content (AvgIpc) is 2.83. The van der Waals surface area contributed by atoms with E-state index in [1.165, 1.54) is 38.2 Å². The largest absolute Gasteiger partial charge is 0.508 e. The molecule has 0 heterocycles. The molecule has 0 aliphatic heterocycles. The summed E-state index contributed by atoms with van der Waals surface area (Å²) in [6, 6.07) is 13.3. The van der Waals surface area contributed by atoms with Crippen LogP contribution in [-0.4, -0.2) is 39.9 Å². The van der Waals surface area contributed by atoms with Crippen molar-refractivity contribution in [2.45, 2.75) is 83.6 Å². The zero-order chi connectivity index (χ0) is 24.5. The van der Waals surface area contributed by atoms with Gasteiger partial charge in [0.25, 0.3) is 0 Å². The minimum Gasteiger partial charge on any atom is -0.508 e. The molecule has 0 radical (unpaired) electrons. The van der Waals surface area contributed by atoms with Crippen molar-refractivity contribution in [2.24, 2.45) is 5.92 Å². The van der Waals surface area contributed by atoms with Gasteiger partial charge in [0.15, 0.2) is 0 Å². The lowest BCUT2D eigenvalue weighted by atomic mass is 9.84. The summed E-state index contributed by atoms with van der Waals surface area (Å²) in [5.74, 6) is 0.709. The van der Waals surface area contributed by atoms with Gasteiger partial charge in [-0.3, -0.25) is 4.79 Å². The number of nitrogens with one attached hydrogen (secondary N) is 2. The minimum absolute atomic E-state index is 0.0248. The first-order chi connectivity index (χ1) is 16.4. The van der Waals surface area contributed by atoms with Gasteiger partial charge in [-0.25, -0.2) is 0 Å². The second-order valence-corrected chi connectivity index (χ2v) is 9.83. The van der Waals surface area contributed by atoms with Gasteiger partial charge in [0.1, 0.15) is 5.75 Å². The molecule has 5 N–H and O–H groups in total. The van der Waals surface area contributed by atoms with E-state index in [0.29, 0.717) is 30.0 Å². The molecule has 34 heavy (non-hydrogen) atoms. The molecule has 1 saturated carbocycles. The molecular formula is C28H40N2O4. The van der Waals surface area contributed by atoms with Crippen LogP contribution in [0.2, 0.25) is 0 Å². The van der Waals surface area contributed by atoms with Crippen LogP contribution in [0.15, 0.2) is 42.5 Å². The van der Waals surface area contributed by atoms with Crippen molar-refractivity contribution in [1.82, 2.24) is 10.6 Å². The molecule has 3 atom stereocenters. The highest BCUT2D eigenvalue weighted by atomic mass is 16.3. The molecule has 0 bridgehead atoms. The Hall–Kier alpha value is -2.41. The lowest BCUT2D eigenvalue weighted by molar-refractivity contribution is -0.121. The van der Waals surface area contributed by atoms with Crippen LogP contribution in [0.5, 0.6) is 5.75 Å². The standard InChI is InChI=1S/C28H40N2O4/c1-19(29-17-27(33)24-11-12-26(32)25(16-24)18-31)13-21-7-6-8-22(14-21)15-28(34)30-20(2)23-9-4-3-5-10-23/h6-8,11-12,14,16,19-20,23,27,29,31-33H,3-5,9-10,13,15,17-18H2,1-2H3,(H,30,34)/t19?,20-,27-/m0/s1. The summed E-state index contributed by atoms with van der Waals surface area (Å²) in [6.45, 7) is 4.28. The Bertz CT molecular complexity index is 926. The van der Waals surface area contributed by atoms with Crippen LogP contribution in [0.4, 0.5) is 0 Å². The third kappa shape index (κ3) is 7.83. The number of aromatic hydroxyl groups is 1. The molecule has 1 aliphatic carbocycles. The average molecular weight is 469 g/mol. The van der Waals surface area contributed by atoms with Gasteiger partial charge >= 0.3 is 0 Å². The summed E-state index contributed by atoms with van der Waals surface area (Å²) >= 11 is 0. The van der Waals surface area contributed by atoms with Crippen LogP contribution in [0.3, 0.4) is 0 Å². The number of aliphatic hydroxyl groups excluding tert-OH is 2. The normalized spacial score (nSPS) is 17.2. The van der Waals surface area contributed by atoms with E-state index in [-0.39, 0.29) is 30.3 Å². The first kappa shape index (κ1) is 26.2. The van der Waals surface area contributed by atoms with E-state index < -0.39 is 6.10 Å². The second-order valence-electron chi connectivity index (χ2n) is 9.83. The van der Waals surface area contributed by atoms with Crippen molar-refractivity contribution in [3.8, 4) is 5.75 Å². The number of aliphatic hydroxyl groups is 2. The van der Waals surface area contributed by atoms with E-state index in [1.54, 1.807) is 12.1 Å². The van der Waals surface area contributed by atoms with Crippen LogP contribution >= 0.6 is 0 Å². The predicted octanol–water partition coefficient (Wildman–Crippen LogP) is 3.77. The molecule has 2 aromatic rings. The fourth-order valence-corrected chi connectivity index (χ4v) is 4.90. The quantitative estimate of drug-likeness (QED) is 0.346. The third-order valence-electron chi connectivity index (χ3n) is 6.96. The number of carbonyl (C=O) groups is 1. The highest BCUT2D eigenvalue weighted by molar-refractivity contribution is 5.78. The van der Waals surface area contributed by atoms with Crippen molar-refractivity contribution >= 4 is 5.91 Å². The topological polar surface area (TPSA) is 102 Å². The maximum atomic E-state index is 12.6. The molecule has 0 aromatic heterocycles. The van der Waals surface area contributed by atoms with Gasteiger partial charge in [0.05, 0.1) is 19.1 Å². The zero-order valence-corrected chi connectivity index (χ0v) is 20.5. The number of phenols is 1. The van der Waals surface area contributed by atoms with Gasteiger partial charge in [0, 0.05) is 24.2 Å². The molecule has 3 rings (SSSR count). The maximum absolute atomic E-state index is 12.6. The summed E-state index contributed by atoms with van der Waals surface area (Å²) in [5, 5.41) is 36.0. The van der Waals surface area contributed by atoms with Crippen LogP contribution in [0.25, 0.3) is 0 Å². The van der Waals surface area contributed by atoms with Crippen LogP contribution in [0.1, 0.15) is 74.3 Å². The summed E-state index contributed by atoms with van der Waals surface area (Å²) < 4.78 is 0. The number of rotatable bonds is 11. The molecule has 0 saturated heterocycles. The molecule has 1 aliphatic rings. The summed E-state index contributed by atoms with van der Waals surface area (Å²) in [4.78, 5) is 12.6. The molecule has 2 aromatic carbocycles. The van der Waals surface area contributed by atoms with Gasteiger partial charge in [-0.05, 0) is 67.9 Å². The zero-order valence-electron chi connectivity index (χ0n) is 20.5. The van der Waals surface area contributed by atoms with Crippen molar-refractivity contribution in [3.63, 3.8) is 0 Å². The Labute approximate surface area is 203 Å². The van der Waals surface area contributed by atoms with E-state index in [9.17, 15) is 20.1 Å². The lowest BCUT2D eigenvalue weighted by Gasteiger charge is -2.28. The van der Waals surface area contributed by atoms with Crippen molar-refractivity contribution in [1.29, 1.82) is 0 Å². The number of amides is 1. The van der Waals surface area contributed by atoms with E-state index in [0.717, 1.165) is 17.5 Å². The first-order valence-electron chi connectivity index (χ1n) is 12.6. The Kier molecular flexibility index (Phi) is 9.93. The molecular weight excluding hydrogens is 428 g/mol. The van der Waals surface area contributed by atoms with E-state index in [1.807, 2.05) is 12.1 Å². The van der Waals surface area contributed by atoms with E-state index in [2.05, 4.69) is 36.6 Å². The fourth-order valence-electron chi connectivity index (χ4n) is 4.90. The molecule has 1 fully saturated rings. The number of benzene rings is 2. The Morgan fingerprint density at radius 2 is 1.79 bits per heavy atom. The van der Waals surface area contributed by atoms with Crippen molar-refractivity contribution in [3.05, 3.63) is 64.7 Å². The highest BCUT2D eigenvalue weighted by Gasteiger charge is 2.21. The smallest absolute Gasteiger partial charge is 0.224 e. The highest BCUT2D eigenvalue weighted by Crippen LogP contribution is 2.26. The number of carbonyl (C=O) groups excluding carboxylic acids is 1. The summed E-state index contributed by atoms with van der Waals surface area (Å²) in [7, 11) is 0. The van der Waals surface area contributed by atoms with Gasteiger partial charge in [-0.15, -0.1) is 0 Å². The minimum atomic E-state index is -0.741.